The van der Waals surface area contributed by atoms with Crippen molar-refractivity contribution in [3.05, 3.63) is 29.8 Å². The summed E-state index contributed by atoms with van der Waals surface area (Å²) in [5.41, 5.74) is 3.32. The third-order valence-corrected chi connectivity index (χ3v) is 4.00. The Balaban J connectivity index is 1.86. The van der Waals surface area contributed by atoms with Crippen molar-refractivity contribution in [3.8, 4) is 5.75 Å². The smallest absolute Gasteiger partial charge is 0.263 e. The molecular weight excluding hydrogens is 282 g/mol. The van der Waals surface area contributed by atoms with Crippen LogP contribution in [0.3, 0.4) is 0 Å². The molecule has 1 fully saturated rings. The molecule has 1 aromatic rings. The van der Waals surface area contributed by atoms with Crippen molar-refractivity contribution in [2.24, 2.45) is 11.8 Å². The number of aryl methyl sites for hydroxylation is 1. The number of hydrogen-bond donors (Lipinski definition) is 2. The van der Waals surface area contributed by atoms with Gasteiger partial charge in [-0.1, -0.05) is 17.7 Å². The maximum absolute atomic E-state index is 12.4. The van der Waals surface area contributed by atoms with Gasteiger partial charge in [0.1, 0.15) is 5.75 Å². The average molecular weight is 305 g/mol. The Morgan fingerprint density at radius 3 is 2.41 bits per heavy atom. The SMILES string of the molecule is Cc1ccc(OC(C)C(=O)N2CCC(C(=O)NN)CC2)cc1. The van der Waals surface area contributed by atoms with Crippen LogP contribution in [0.15, 0.2) is 24.3 Å². The molecule has 3 N–H and O–H groups in total. The highest BCUT2D eigenvalue weighted by atomic mass is 16.5. The number of carbonyl (C=O) groups excluding carboxylic acids is 2. The van der Waals surface area contributed by atoms with Crippen LogP contribution in [-0.4, -0.2) is 35.9 Å². The van der Waals surface area contributed by atoms with Gasteiger partial charge in [0, 0.05) is 19.0 Å². The Labute approximate surface area is 130 Å². The molecule has 1 aliphatic heterocycles. The van der Waals surface area contributed by atoms with Gasteiger partial charge in [0.05, 0.1) is 0 Å². The monoisotopic (exact) mass is 305 g/mol. The number of amides is 2. The lowest BCUT2D eigenvalue weighted by Gasteiger charge is -2.32. The molecule has 0 bridgehead atoms. The van der Waals surface area contributed by atoms with E-state index in [2.05, 4.69) is 5.43 Å². The van der Waals surface area contributed by atoms with Crippen molar-refractivity contribution in [2.75, 3.05) is 13.1 Å². The van der Waals surface area contributed by atoms with E-state index >= 15 is 0 Å². The summed E-state index contributed by atoms with van der Waals surface area (Å²) in [6, 6.07) is 7.61. The van der Waals surface area contributed by atoms with Crippen LogP contribution in [0.25, 0.3) is 0 Å². The van der Waals surface area contributed by atoms with Crippen LogP contribution in [0.5, 0.6) is 5.75 Å². The Hall–Kier alpha value is -2.08. The first kappa shape index (κ1) is 16.3. The van der Waals surface area contributed by atoms with Gasteiger partial charge in [-0.25, -0.2) is 5.84 Å². The number of nitrogens with one attached hydrogen (secondary N) is 1. The fourth-order valence-corrected chi connectivity index (χ4v) is 2.61. The Kier molecular flexibility index (Phi) is 5.38. The number of nitrogens with zero attached hydrogens (tertiary/aromatic N) is 1. The highest BCUT2D eigenvalue weighted by Gasteiger charge is 2.29. The number of likely N-dealkylation sites (tertiary alicyclic amines) is 1. The minimum Gasteiger partial charge on any atom is -0.481 e. The predicted molar refractivity (Wildman–Crippen MR) is 82.9 cm³/mol. The van der Waals surface area contributed by atoms with Crippen LogP contribution in [0.1, 0.15) is 25.3 Å². The molecule has 6 nitrogen and oxygen atoms in total. The number of hydrazine groups is 1. The fraction of sp³-hybridized carbons (Fsp3) is 0.500. The van der Waals surface area contributed by atoms with Crippen LogP contribution in [-0.2, 0) is 9.59 Å². The predicted octanol–water partition coefficient (Wildman–Crippen LogP) is 0.991. The first-order valence-corrected chi connectivity index (χ1v) is 7.54. The van der Waals surface area contributed by atoms with Gasteiger partial charge in [-0.15, -0.1) is 0 Å². The van der Waals surface area contributed by atoms with E-state index in [1.54, 1.807) is 11.8 Å². The summed E-state index contributed by atoms with van der Waals surface area (Å²) < 4.78 is 5.69. The average Bonchev–Trinajstić information content (AvgIpc) is 2.55. The molecule has 1 atom stereocenters. The first-order valence-electron chi connectivity index (χ1n) is 7.54. The number of rotatable bonds is 4. The van der Waals surface area contributed by atoms with Crippen molar-refractivity contribution in [1.29, 1.82) is 0 Å². The molecule has 0 aromatic heterocycles. The lowest BCUT2D eigenvalue weighted by Crippen LogP contribution is -2.47. The van der Waals surface area contributed by atoms with Gasteiger partial charge in [0.15, 0.2) is 6.10 Å². The summed E-state index contributed by atoms with van der Waals surface area (Å²) in [7, 11) is 0. The molecule has 6 heteroatoms. The molecule has 2 rings (SSSR count). The highest BCUT2D eigenvalue weighted by Crippen LogP contribution is 2.19. The van der Waals surface area contributed by atoms with Crippen molar-refractivity contribution in [3.63, 3.8) is 0 Å². The van der Waals surface area contributed by atoms with Crippen LogP contribution < -0.4 is 16.0 Å². The van der Waals surface area contributed by atoms with E-state index < -0.39 is 6.10 Å². The largest absolute Gasteiger partial charge is 0.481 e. The van der Waals surface area contributed by atoms with Crippen molar-refractivity contribution < 1.29 is 14.3 Å². The zero-order valence-corrected chi connectivity index (χ0v) is 13.0. The van der Waals surface area contributed by atoms with E-state index in [0.717, 1.165) is 5.56 Å². The van der Waals surface area contributed by atoms with E-state index in [-0.39, 0.29) is 17.7 Å². The molecule has 0 saturated carbocycles. The van der Waals surface area contributed by atoms with Gasteiger partial charge in [0.2, 0.25) is 5.91 Å². The van der Waals surface area contributed by atoms with Crippen LogP contribution in [0.4, 0.5) is 0 Å². The fourth-order valence-electron chi connectivity index (χ4n) is 2.61. The molecule has 22 heavy (non-hydrogen) atoms. The maximum Gasteiger partial charge on any atom is 0.263 e. The topological polar surface area (TPSA) is 84.7 Å². The van der Waals surface area contributed by atoms with E-state index in [1.165, 1.54) is 0 Å². The zero-order chi connectivity index (χ0) is 16.1. The molecule has 0 spiro atoms. The molecule has 120 valence electrons. The normalized spacial score (nSPS) is 17.0. The molecule has 2 amide bonds. The summed E-state index contributed by atoms with van der Waals surface area (Å²) in [6.07, 6.45) is 0.723. The second kappa shape index (κ2) is 7.26. The first-order chi connectivity index (χ1) is 10.5. The lowest BCUT2D eigenvalue weighted by atomic mass is 9.96. The van der Waals surface area contributed by atoms with Crippen LogP contribution >= 0.6 is 0 Å². The summed E-state index contributed by atoms with van der Waals surface area (Å²) in [5.74, 6) is 5.51. The summed E-state index contributed by atoms with van der Waals surface area (Å²) >= 11 is 0. The third kappa shape index (κ3) is 3.98. The van der Waals surface area contributed by atoms with Gasteiger partial charge in [-0.05, 0) is 38.8 Å². The highest BCUT2D eigenvalue weighted by molar-refractivity contribution is 5.82. The molecule has 1 saturated heterocycles. The molecule has 1 unspecified atom stereocenters. The van der Waals surface area contributed by atoms with Gasteiger partial charge in [-0.3, -0.25) is 15.0 Å². The zero-order valence-electron chi connectivity index (χ0n) is 13.0. The summed E-state index contributed by atoms with van der Waals surface area (Å²) in [4.78, 5) is 25.6. The van der Waals surface area contributed by atoms with E-state index in [9.17, 15) is 9.59 Å². The lowest BCUT2D eigenvalue weighted by molar-refractivity contribution is -0.141. The van der Waals surface area contributed by atoms with Gasteiger partial charge < -0.3 is 9.64 Å². The van der Waals surface area contributed by atoms with Crippen molar-refractivity contribution in [2.45, 2.75) is 32.8 Å². The Morgan fingerprint density at radius 1 is 1.27 bits per heavy atom. The Morgan fingerprint density at radius 2 is 1.86 bits per heavy atom. The van der Waals surface area contributed by atoms with Crippen LogP contribution in [0, 0.1) is 12.8 Å². The molecule has 0 aliphatic carbocycles. The summed E-state index contributed by atoms with van der Waals surface area (Å²) in [5, 5.41) is 0. The molecule has 1 heterocycles. The van der Waals surface area contributed by atoms with E-state index in [1.807, 2.05) is 31.2 Å². The third-order valence-electron chi connectivity index (χ3n) is 4.00. The van der Waals surface area contributed by atoms with Gasteiger partial charge in [0.25, 0.3) is 5.91 Å². The minimum absolute atomic E-state index is 0.0489. The number of hydrogen-bond acceptors (Lipinski definition) is 4. The number of nitrogens with two attached hydrogens (primary N) is 1. The van der Waals surface area contributed by atoms with Gasteiger partial charge in [-0.2, -0.15) is 0 Å². The molecule has 0 radical (unpaired) electrons. The number of ether oxygens (including phenoxy) is 1. The minimum atomic E-state index is -0.539. The van der Waals surface area contributed by atoms with Crippen molar-refractivity contribution >= 4 is 11.8 Å². The molecular formula is C16H23N3O3. The van der Waals surface area contributed by atoms with E-state index in [0.29, 0.717) is 31.7 Å². The second-order valence-electron chi connectivity index (χ2n) is 5.68. The standard InChI is InChI=1S/C16H23N3O3/c1-11-3-5-14(6-4-11)22-12(2)16(21)19-9-7-13(8-10-19)15(20)18-17/h3-6,12-13H,7-10,17H2,1-2H3,(H,18,20). The van der Waals surface area contributed by atoms with E-state index in [4.69, 9.17) is 10.6 Å². The molecule has 1 aromatic carbocycles. The van der Waals surface area contributed by atoms with Crippen molar-refractivity contribution in [1.82, 2.24) is 10.3 Å². The number of carbonyl (C=O) groups is 2. The van der Waals surface area contributed by atoms with Gasteiger partial charge >= 0.3 is 0 Å². The Bertz CT molecular complexity index is 522. The maximum atomic E-state index is 12.4. The summed E-state index contributed by atoms with van der Waals surface area (Å²) in [6.45, 7) is 4.86. The number of piperidine rings is 1. The number of benzene rings is 1. The quantitative estimate of drug-likeness (QED) is 0.493. The molecule has 1 aliphatic rings. The van der Waals surface area contributed by atoms with Crippen LogP contribution in [0.2, 0.25) is 0 Å². The second-order valence-corrected chi connectivity index (χ2v) is 5.68.